The number of primary amides is 1. The minimum absolute atomic E-state index is 0.0729. The Balaban J connectivity index is 0.778. The number of likely N-dealkylation sites (N-methyl/N-ethyl adjacent to an activating group) is 1. The number of rotatable bonds is 18. The smallest absolute Gasteiger partial charge is 0.255 e. The topological polar surface area (TPSA) is 255 Å². The van der Waals surface area contributed by atoms with E-state index in [0.29, 0.717) is 90.4 Å². The number of nitrogens with zero attached hydrogens (tertiary/aromatic N) is 9. The number of piperidine rings is 1. The number of ether oxygens (including phenoxy) is 1. The van der Waals surface area contributed by atoms with Crippen molar-refractivity contribution in [2.24, 2.45) is 17.6 Å². The molecule has 5 N–H and O–H groups in total. The zero-order valence-electron chi connectivity index (χ0n) is 45.1. The number of carbonyl (C=O) groups excluding carboxylic acids is 4. The van der Waals surface area contributed by atoms with Gasteiger partial charge in [0.2, 0.25) is 17.6 Å². The first-order valence-corrected chi connectivity index (χ1v) is 28.8. The Bertz CT molecular complexity index is 3300. The summed E-state index contributed by atoms with van der Waals surface area (Å²) in [5, 5.41) is 16.4. The first-order chi connectivity index (χ1) is 37.2. The van der Waals surface area contributed by atoms with E-state index >= 15 is 0 Å². The summed E-state index contributed by atoms with van der Waals surface area (Å²) in [6, 6.07) is 11.8. The van der Waals surface area contributed by atoms with Crippen LogP contribution in [0.1, 0.15) is 109 Å². The molecule has 3 fully saturated rings. The van der Waals surface area contributed by atoms with E-state index in [1.165, 1.54) is 41.9 Å². The highest BCUT2D eigenvalue weighted by Crippen LogP contribution is 2.42. The second kappa shape index (κ2) is 22.8. The molecule has 6 aromatic rings. The lowest BCUT2D eigenvalue weighted by Crippen LogP contribution is -2.63. The van der Waals surface area contributed by atoms with Crippen LogP contribution < -0.4 is 26.0 Å². The molecule has 0 radical (unpaired) electrons. The lowest BCUT2D eigenvalue weighted by molar-refractivity contribution is -0.147. The first kappa shape index (κ1) is 55.8. The van der Waals surface area contributed by atoms with E-state index < -0.39 is 43.8 Å². The van der Waals surface area contributed by atoms with Gasteiger partial charge < -0.3 is 35.8 Å². The van der Waals surface area contributed by atoms with Gasteiger partial charge in [0.25, 0.3) is 5.91 Å². The van der Waals surface area contributed by atoms with Crippen molar-refractivity contribution in [2.75, 3.05) is 76.2 Å². The van der Waals surface area contributed by atoms with E-state index in [4.69, 9.17) is 15.5 Å². The van der Waals surface area contributed by atoms with Crippen LogP contribution in [0.5, 0.6) is 5.75 Å². The second-order valence-electron chi connectivity index (χ2n) is 21.6. The predicted octanol–water partition coefficient (Wildman–Crippen LogP) is 6.39. The number of pyridine rings is 1. The fourth-order valence-electron chi connectivity index (χ4n) is 10.6. The maximum atomic E-state index is 14.8. The van der Waals surface area contributed by atoms with Gasteiger partial charge in [0.05, 0.1) is 34.4 Å². The molecule has 0 saturated carbocycles. The summed E-state index contributed by atoms with van der Waals surface area (Å²) in [5.41, 5.74) is 7.99. The van der Waals surface area contributed by atoms with Gasteiger partial charge in [-0.3, -0.25) is 29.2 Å². The highest BCUT2D eigenvalue weighted by atomic mass is 32.2. The minimum atomic E-state index is -3.84. The normalized spacial score (nSPS) is 18.0. The van der Waals surface area contributed by atoms with Crippen molar-refractivity contribution in [3.05, 3.63) is 105 Å². The summed E-state index contributed by atoms with van der Waals surface area (Å²) in [4.78, 5) is 81.6. The molecule has 2 aromatic carbocycles. The molecule has 78 heavy (non-hydrogen) atoms. The molecule has 3 amide bonds. The molecule has 0 spiro atoms. The lowest BCUT2D eigenvalue weighted by atomic mass is 9.71. The number of hydrogen-bond donors (Lipinski definition) is 4. The van der Waals surface area contributed by atoms with Gasteiger partial charge in [-0.1, -0.05) is 0 Å². The van der Waals surface area contributed by atoms with Crippen molar-refractivity contribution >= 4 is 73.0 Å². The number of aromatic amines is 1. The number of benzene rings is 2. The fraction of sp³-hybridized carbons (Fsp3) is 0.473. The molecule has 4 aromatic heterocycles. The number of halogens is 1. The van der Waals surface area contributed by atoms with Gasteiger partial charge >= 0.3 is 0 Å². The van der Waals surface area contributed by atoms with Gasteiger partial charge in [-0.25, -0.2) is 32.7 Å². The number of hydrogen-bond acceptors (Lipinski definition) is 17. The molecule has 7 heterocycles. The standard InChI is InChI=1S/C55H68FN13O7S2/c1-33-34(2)64-65-48(33)63-49-39-28-44(78(74,75)54(3,4)5)43(29-40(39)60-32-61-49)76-27-9-19-66-23-25-67(26-24-66)45-16-13-37(30-59-45)51(71)68-21-17-35(18-22-68)46(55(6,58-7)53(57)73)52(72)69-20-8-10-42(69)50-62-41(31-77-50)47(70)36-11-14-38(56)15-12-36/h11-16,28-32,35,42,46,58H,8-10,17-27H2,1-7H3,(H2,57,73)(H2,60,61,63,64,65)/t42-,46+,55?/m0/s1. The first-order valence-electron chi connectivity index (χ1n) is 26.4. The second-order valence-corrected chi connectivity index (χ2v) is 25.1. The van der Waals surface area contributed by atoms with Crippen LogP contribution in [0.25, 0.3) is 10.9 Å². The number of ketones is 1. The average Bonchev–Trinajstić information content (AvgIpc) is 4.21. The molecule has 1 unspecified atom stereocenters. The van der Waals surface area contributed by atoms with E-state index in [1.54, 1.807) is 74.3 Å². The Labute approximate surface area is 457 Å². The lowest BCUT2D eigenvalue weighted by Gasteiger charge is -2.44. The molecule has 9 rings (SSSR count). The van der Waals surface area contributed by atoms with Crippen LogP contribution in [0, 0.1) is 31.5 Å². The molecule has 3 aliphatic rings. The maximum Gasteiger partial charge on any atom is 0.255 e. The minimum Gasteiger partial charge on any atom is -0.492 e. The number of nitrogens with one attached hydrogen (secondary N) is 3. The number of thiazole rings is 1. The van der Waals surface area contributed by atoms with Gasteiger partial charge in [-0.15, -0.1) is 11.3 Å². The molecule has 414 valence electrons. The van der Waals surface area contributed by atoms with Crippen molar-refractivity contribution < 1.29 is 36.7 Å². The Hall–Kier alpha value is -6.95. The number of aryl methyl sites for hydroxylation is 1. The molecule has 3 saturated heterocycles. The summed E-state index contributed by atoms with van der Waals surface area (Å²) in [6.07, 6.45) is 5.96. The number of nitrogens with two attached hydrogens (primary N) is 1. The molecule has 0 aliphatic carbocycles. The SMILES string of the molecule is CNC(C)(C(N)=O)[C@@H](C(=O)N1CCC[C@H]1c1nc(C(=O)c2ccc(F)cc2)cs1)C1CCN(C(=O)c2ccc(N3CCN(CCCOc4cc5ncnc(Nc6n[nH]c(C)c6C)c5cc4S(=O)(=O)C(C)(C)C)CC3)nc2)CC1. The molecule has 23 heteroatoms. The van der Waals surface area contributed by atoms with Crippen LogP contribution in [0.15, 0.2) is 71.3 Å². The third-order valence-electron chi connectivity index (χ3n) is 15.8. The monoisotopic (exact) mass is 1110 g/mol. The van der Waals surface area contributed by atoms with Crippen LogP contribution in [-0.4, -0.2) is 153 Å². The Kier molecular flexibility index (Phi) is 16.3. The van der Waals surface area contributed by atoms with Gasteiger partial charge in [-0.05, 0) is 129 Å². The molecular weight excluding hydrogens is 1040 g/mol. The van der Waals surface area contributed by atoms with E-state index in [1.807, 2.05) is 19.9 Å². The Morgan fingerprint density at radius 1 is 0.910 bits per heavy atom. The van der Waals surface area contributed by atoms with Crippen LogP contribution >= 0.6 is 11.3 Å². The number of likely N-dealkylation sites (tertiary alicyclic amines) is 2. The Morgan fingerprint density at radius 2 is 1.63 bits per heavy atom. The molecule has 0 bridgehead atoms. The summed E-state index contributed by atoms with van der Waals surface area (Å²) in [7, 11) is -2.22. The highest BCUT2D eigenvalue weighted by Gasteiger charge is 2.51. The van der Waals surface area contributed by atoms with E-state index in [-0.39, 0.29) is 46.5 Å². The maximum absolute atomic E-state index is 14.8. The molecular formula is C55H68FN13O7S2. The number of fused-ring (bicyclic) bond motifs is 1. The van der Waals surface area contributed by atoms with Crippen molar-refractivity contribution in [3.8, 4) is 5.75 Å². The summed E-state index contributed by atoms with van der Waals surface area (Å²) in [5.74, 6) is -0.931. The van der Waals surface area contributed by atoms with E-state index in [0.717, 1.165) is 49.8 Å². The number of anilines is 3. The number of aromatic nitrogens is 6. The number of amides is 3. The summed E-state index contributed by atoms with van der Waals surface area (Å²) in [6.45, 7) is 15.7. The highest BCUT2D eigenvalue weighted by molar-refractivity contribution is 7.92. The zero-order chi connectivity index (χ0) is 55.7. The zero-order valence-corrected chi connectivity index (χ0v) is 46.8. The van der Waals surface area contributed by atoms with Crippen LogP contribution in [0.2, 0.25) is 0 Å². The average molecular weight is 1110 g/mol. The van der Waals surface area contributed by atoms with E-state index in [9.17, 15) is 32.0 Å². The van der Waals surface area contributed by atoms with Gasteiger partial charge in [-0.2, -0.15) is 5.10 Å². The van der Waals surface area contributed by atoms with Crippen molar-refractivity contribution in [3.63, 3.8) is 0 Å². The fourth-order valence-corrected chi connectivity index (χ4v) is 12.9. The summed E-state index contributed by atoms with van der Waals surface area (Å²) < 4.78 is 46.7. The van der Waals surface area contributed by atoms with Gasteiger partial charge in [0.15, 0.2) is 15.7 Å². The van der Waals surface area contributed by atoms with Crippen LogP contribution in [-0.2, 0) is 19.4 Å². The van der Waals surface area contributed by atoms with E-state index in [2.05, 4.69) is 45.6 Å². The third-order valence-corrected chi connectivity index (χ3v) is 19.2. The number of H-pyrrole nitrogens is 1. The number of carbonyl (C=O) groups is 4. The van der Waals surface area contributed by atoms with Gasteiger partial charge in [0, 0.05) is 92.2 Å². The summed E-state index contributed by atoms with van der Waals surface area (Å²) >= 11 is 1.29. The molecule has 3 atom stereocenters. The van der Waals surface area contributed by atoms with Crippen molar-refractivity contribution in [2.45, 2.75) is 94.9 Å². The van der Waals surface area contributed by atoms with Crippen molar-refractivity contribution in [1.29, 1.82) is 0 Å². The van der Waals surface area contributed by atoms with Gasteiger partial charge in [0.1, 0.15) is 50.7 Å². The largest absolute Gasteiger partial charge is 0.492 e. The predicted molar refractivity (Wildman–Crippen MR) is 295 cm³/mol. The molecule has 3 aliphatic heterocycles. The Morgan fingerprint density at radius 3 is 2.27 bits per heavy atom. The number of piperazine rings is 1. The van der Waals surface area contributed by atoms with Crippen LogP contribution in [0.4, 0.5) is 21.8 Å². The third kappa shape index (κ3) is 11.3. The molecule has 20 nitrogen and oxygen atoms in total. The van der Waals surface area contributed by atoms with Crippen LogP contribution in [0.3, 0.4) is 0 Å². The number of sulfone groups is 1. The quantitative estimate of drug-likeness (QED) is 0.0537. The van der Waals surface area contributed by atoms with Crippen molar-refractivity contribution in [1.82, 2.24) is 50.1 Å².